The highest BCUT2D eigenvalue weighted by molar-refractivity contribution is 5.97. The highest BCUT2D eigenvalue weighted by atomic mass is 16.2. The quantitative estimate of drug-likeness (QED) is 0.751. The SMILES string of the molecule is C#CCN1CC2=C(CC(c3ccc(C)cc3)c3ccc(C)cc3C2)C1=O. The summed E-state index contributed by atoms with van der Waals surface area (Å²) < 4.78 is 0. The van der Waals surface area contributed by atoms with Gasteiger partial charge in [0.05, 0.1) is 6.54 Å². The summed E-state index contributed by atoms with van der Waals surface area (Å²) in [7, 11) is 0. The molecule has 0 spiro atoms. The zero-order valence-corrected chi connectivity index (χ0v) is 15.4. The van der Waals surface area contributed by atoms with E-state index in [2.05, 4.69) is 62.2 Å². The number of carbonyl (C=O) groups excluding carboxylic acids is 1. The molecule has 0 saturated carbocycles. The number of nitrogens with zero attached hydrogens (tertiary/aromatic N) is 1. The second kappa shape index (κ2) is 6.50. The van der Waals surface area contributed by atoms with Crippen LogP contribution in [0.25, 0.3) is 0 Å². The van der Waals surface area contributed by atoms with Gasteiger partial charge >= 0.3 is 0 Å². The molecule has 0 N–H and O–H groups in total. The Morgan fingerprint density at radius 2 is 1.85 bits per heavy atom. The van der Waals surface area contributed by atoms with Crippen molar-refractivity contribution < 1.29 is 4.79 Å². The maximum Gasteiger partial charge on any atom is 0.250 e. The number of fused-ring (bicyclic) bond motifs is 1. The van der Waals surface area contributed by atoms with Crippen LogP contribution in [-0.2, 0) is 11.2 Å². The zero-order valence-electron chi connectivity index (χ0n) is 15.4. The first-order valence-corrected chi connectivity index (χ1v) is 9.16. The molecule has 0 radical (unpaired) electrons. The number of rotatable bonds is 2. The highest BCUT2D eigenvalue weighted by Crippen LogP contribution is 2.41. The Morgan fingerprint density at radius 3 is 2.58 bits per heavy atom. The Morgan fingerprint density at radius 1 is 1.12 bits per heavy atom. The van der Waals surface area contributed by atoms with Gasteiger partial charge in [0.2, 0.25) is 0 Å². The number of amides is 1. The van der Waals surface area contributed by atoms with Crippen LogP contribution in [0.15, 0.2) is 53.6 Å². The lowest BCUT2D eigenvalue weighted by molar-refractivity contribution is -0.125. The van der Waals surface area contributed by atoms with Crippen LogP contribution >= 0.6 is 0 Å². The van der Waals surface area contributed by atoms with Crippen molar-refractivity contribution in [2.24, 2.45) is 0 Å². The molecule has 2 aliphatic rings. The van der Waals surface area contributed by atoms with Crippen LogP contribution < -0.4 is 0 Å². The summed E-state index contributed by atoms with van der Waals surface area (Å²) >= 11 is 0. The number of carbonyl (C=O) groups is 1. The molecule has 1 aliphatic carbocycles. The summed E-state index contributed by atoms with van der Waals surface area (Å²) in [5.41, 5.74) is 8.70. The fourth-order valence-corrected chi connectivity index (χ4v) is 4.24. The van der Waals surface area contributed by atoms with Crippen molar-refractivity contribution in [2.45, 2.75) is 32.6 Å². The fourth-order valence-electron chi connectivity index (χ4n) is 4.24. The highest BCUT2D eigenvalue weighted by Gasteiger charge is 2.35. The average molecular weight is 341 g/mol. The molecule has 1 heterocycles. The van der Waals surface area contributed by atoms with Gasteiger partial charge < -0.3 is 4.90 Å². The predicted octanol–water partition coefficient (Wildman–Crippen LogP) is 4.15. The maximum absolute atomic E-state index is 12.9. The van der Waals surface area contributed by atoms with Gasteiger partial charge in [0.1, 0.15) is 0 Å². The van der Waals surface area contributed by atoms with E-state index in [-0.39, 0.29) is 11.8 Å². The molecule has 1 atom stereocenters. The van der Waals surface area contributed by atoms with Gasteiger partial charge in [-0.05, 0) is 49.0 Å². The number of aryl methyl sites for hydroxylation is 2. The summed E-state index contributed by atoms with van der Waals surface area (Å²) in [6.07, 6.45) is 7.06. The Kier molecular flexibility index (Phi) is 4.17. The molecule has 130 valence electrons. The number of hydrogen-bond acceptors (Lipinski definition) is 1. The number of terminal acetylenes is 1. The van der Waals surface area contributed by atoms with Crippen molar-refractivity contribution in [1.82, 2.24) is 4.90 Å². The molecule has 0 saturated heterocycles. The van der Waals surface area contributed by atoms with Crippen LogP contribution in [0.5, 0.6) is 0 Å². The third kappa shape index (κ3) is 2.84. The van der Waals surface area contributed by atoms with Crippen LogP contribution in [0.3, 0.4) is 0 Å². The van der Waals surface area contributed by atoms with Crippen molar-refractivity contribution in [3.05, 3.63) is 81.4 Å². The van der Waals surface area contributed by atoms with Crippen molar-refractivity contribution in [3.8, 4) is 12.3 Å². The Hall–Kier alpha value is -2.79. The van der Waals surface area contributed by atoms with E-state index in [1.165, 1.54) is 33.4 Å². The lowest BCUT2D eigenvalue weighted by Crippen LogP contribution is -2.28. The monoisotopic (exact) mass is 341 g/mol. The standard InChI is InChI=1S/C24H23NO/c1-4-11-25-15-20-13-19-12-17(3)7-10-21(19)22(14-23(20)24(25)26)18-8-5-16(2)6-9-18/h1,5-10,12,22H,11,13-15H2,2-3H3. The van der Waals surface area contributed by atoms with E-state index >= 15 is 0 Å². The molecule has 4 rings (SSSR count). The zero-order chi connectivity index (χ0) is 18.3. The van der Waals surface area contributed by atoms with Gasteiger partial charge in [0.25, 0.3) is 5.91 Å². The van der Waals surface area contributed by atoms with Gasteiger partial charge in [-0.3, -0.25) is 4.79 Å². The maximum atomic E-state index is 12.9. The minimum absolute atomic E-state index is 0.125. The van der Waals surface area contributed by atoms with E-state index in [0.717, 1.165) is 18.4 Å². The van der Waals surface area contributed by atoms with Gasteiger partial charge in [-0.25, -0.2) is 0 Å². The smallest absolute Gasteiger partial charge is 0.250 e. The van der Waals surface area contributed by atoms with Crippen LogP contribution in [0.4, 0.5) is 0 Å². The molecular formula is C24H23NO. The first-order chi connectivity index (χ1) is 12.6. The van der Waals surface area contributed by atoms with Gasteiger partial charge in [0.15, 0.2) is 0 Å². The minimum Gasteiger partial charge on any atom is -0.324 e. The Bertz CT molecular complexity index is 943. The van der Waals surface area contributed by atoms with E-state index in [1.807, 2.05) is 0 Å². The number of hydrogen-bond donors (Lipinski definition) is 0. The summed E-state index contributed by atoms with van der Waals surface area (Å²) in [6.45, 7) is 5.30. The molecule has 0 aromatic heterocycles. The summed E-state index contributed by atoms with van der Waals surface area (Å²) in [5.74, 6) is 2.96. The molecule has 2 heteroatoms. The fraction of sp³-hybridized carbons (Fsp3) is 0.292. The van der Waals surface area contributed by atoms with E-state index in [4.69, 9.17) is 6.42 Å². The van der Waals surface area contributed by atoms with Gasteiger partial charge in [-0.15, -0.1) is 6.42 Å². The molecule has 0 bridgehead atoms. The average Bonchev–Trinajstić information content (AvgIpc) is 2.81. The minimum atomic E-state index is 0.125. The summed E-state index contributed by atoms with van der Waals surface area (Å²) in [4.78, 5) is 14.7. The second-order valence-electron chi connectivity index (χ2n) is 7.49. The topological polar surface area (TPSA) is 20.3 Å². The lowest BCUT2D eigenvalue weighted by Gasteiger charge is -2.22. The third-order valence-corrected chi connectivity index (χ3v) is 5.60. The van der Waals surface area contributed by atoms with E-state index < -0.39 is 0 Å². The molecule has 1 unspecified atom stereocenters. The molecule has 1 amide bonds. The number of benzene rings is 2. The summed E-state index contributed by atoms with van der Waals surface area (Å²) in [6, 6.07) is 15.4. The van der Waals surface area contributed by atoms with E-state index in [9.17, 15) is 4.79 Å². The third-order valence-electron chi connectivity index (χ3n) is 5.60. The molecule has 2 nitrogen and oxygen atoms in total. The van der Waals surface area contributed by atoms with Crippen molar-refractivity contribution >= 4 is 5.91 Å². The normalized spacial score (nSPS) is 19.0. The Labute approximate surface area is 155 Å². The van der Waals surface area contributed by atoms with Crippen LogP contribution in [0, 0.1) is 26.2 Å². The molecular weight excluding hydrogens is 318 g/mol. The summed E-state index contributed by atoms with van der Waals surface area (Å²) in [5, 5.41) is 0. The van der Waals surface area contributed by atoms with Crippen LogP contribution in [0.1, 0.15) is 40.2 Å². The molecule has 1 aliphatic heterocycles. The van der Waals surface area contributed by atoms with Crippen molar-refractivity contribution in [2.75, 3.05) is 13.1 Å². The van der Waals surface area contributed by atoms with E-state index in [0.29, 0.717) is 13.1 Å². The molecule has 2 aromatic carbocycles. The van der Waals surface area contributed by atoms with E-state index in [1.54, 1.807) is 4.90 Å². The van der Waals surface area contributed by atoms with Gasteiger partial charge in [0, 0.05) is 18.0 Å². The van der Waals surface area contributed by atoms with Crippen molar-refractivity contribution in [1.29, 1.82) is 0 Å². The largest absolute Gasteiger partial charge is 0.324 e. The first kappa shape index (κ1) is 16.7. The lowest BCUT2D eigenvalue weighted by atomic mass is 9.84. The van der Waals surface area contributed by atoms with Gasteiger partial charge in [-0.1, -0.05) is 59.5 Å². The van der Waals surface area contributed by atoms with Gasteiger partial charge in [-0.2, -0.15) is 0 Å². The molecule has 26 heavy (non-hydrogen) atoms. The first-order valence-electron chi connectivity index (χ1n) is 9.16. The Balaban J connectivity index is 1.81. The predicted molar refractivity (Wildman–Crippen MR) is 105 cm³/mol. The molecule has 0 fully saturated rings. The molecule has 2 aromatic rings. The van der Waals surface area contributed by atoms with Crippen LogP contribution in [0.2, 0.25) is 0 Å². The van der Waals surface area contributed by atoms with Crippen molar-refractivity contribution in [3.63, 3.8) is 0 Å². The second-order valence-corrected chi connectivity index (χ2v) is 7.49. The van der Waals surface area contributed by atoms with Crippen LogP contribution in [-0.4, -0.2) is 23.9 Å².